The maximum atomic E-state index is 13.4. The molecule has 7 heteroatoms. The van der Waals surface area contributed by atoms with Gasteiger partial charge in [-0.05, 0) is 74.3 Å². The van der Waals surface area contributed by atoms with E-state index in [9.17, 15) is 4.79 Å². The Labute approximate surface area is 239 Å². The van der Waals surface area contributed by atoms with Gasteiger partial charge in [0, 0.05) is 47.9 Å². The number of imidazole rings is 1. The van der Waals surface area contributed by atoms with Gasteiger partial charge in [-0.3, -0.25) is 14.3 Å². The maximum absolute atomic E-state index is 13.4. The second-order valence-electron chi connectivity index (χ2n) is 10.7. The molecule has 0 unspecified atom stereocenters. The van der Waals surface area contributed by atoms with Crippen molar-refractivity contribution in [3.8, 4) is 5.69 Å². The number of benzene rings is 3. The zero-order chi connectivity index (χ0) is 26.8. The fourth-order valence-electron chi connectivity index (χ4n) is 6.17. The largest absolute Gasteiger partial charge is 0.368 e. The number of carbonyl (C=O) groups excluding carboxylic acids is 1. The van der Waals surface area contributed by atoms with Gasteiger partial charge in [0.2, 0.25) is 5.91 Å². The van der Waals surface area contributed by atoms with E-state index in [1.165, 1.54) is 11.3 Å². The minimum Gasteiger partial charge on any atom is -0.368 e. The number of aryl methyl sites for hydroxylation is 1. The summed E-state index contributed by atoms with van der Waals surface area (Å²) in [5.41, 5.74) is 5.96. The number of para-hydroxylation sites is 3. The standard InChI is InChI=1S/C32H36BrN5O/c1-2-24-8-3-5-12-29(24)36-18-20-37(21-19-36)32(39)25-14-16-35(17-15-25)23-31-34-28-11-4-6-13-30(28)38(31)27-10-7-9-26(33)22-27/h3-13,22,25H,2,14-21,23H2,1H3. The minimum absolute atomic E-state index is 0.125. The highest BCUT2D eigenvalue weighted by atomic mass is 79.9. The number of nitrogens with zero attached hydrogens (tertiary/aromatic N) is 5. The Bertz CT molecular complexity index is 1450. The molecule has 4 aromatic rings. The number of fused-ring (bicyclic) bond motifs is 1. The average Bonchev–Trinajstić information content (AvgIpc) is 3.35. The molecule has 0 spiro atoms. The molecule has 0 bridgehead atoms. The van der Waals surface area contributed by atoms with Crippen LogP contribution < -0.4 is 4.90 Å². The number of piperidine rings is 1. The lowest BCUT2D eigenvalue weighted by Crippen LogP contribution is -2.51. The van der Waals surface area contributed by atoms with E-state index in [2.05, 4.69) is 103 Å². The molecule has 2 aliphatic rings. The van der Waals surface area contributed by atoms with Crippen molar-refractivity contribution in [3.63, 3.8) is 0 Å². The minimum atomic E-state index is 0.125. The van der Waals surface area contributed by atoms with Crippen LogP contribution in [-0.4, -0.2) is 64.5 Å². The molecule has 202 valence electrons. The third kappa shape index (κ3) is 5.48. The summed E-state index contributed by atoms with van der Waals surface area (Å²) < 4.78 is 3.33. The van der Waals surface area contributed by atoms with E-state index in [0.717, 1.165) is 92.1 Å². The van der Waals surface area contributed by atoms with E-state index in [0.29, 0.717) is 5.91 Å². The summed E-state index contributed by atoms with van der Waals surface area (Å²) in [6.45, 7) is 8.27. The Morgan fingerprint density at radius 2 is 1.64 bits per heavy atom. The molecule has 3 heterocycles. The van der Waals surface area contributed by atoms with Crippen molar-refractivity contribution in [1.29, 1.82) is 0 Å². The Morgan fingerprint density at radius 1 is 0.897 bits per heavy atom. The monoisotopic (exact) mass is 585 g/mol. The van der Waals surface area contributed by atoms with Crippen LogP contribution in [0.25, 0.3) is 16.7 Å². The predicted molar refractivity (Wildman–Crippen MR) is 161 cm³/mol. The molecule has 6 rings (SSSR count). The van der Waals surface area contributed by atoms with Crippen LogP contribution >= 0.6 is 15.9 Å². The Balaban J connectivity index is 1.08. The van der Waals surface area contributed by atoms with E-state index in [4.69, 9.17) is 4.98 Å². The summed E-state index contributed by atoms with van der Waals surface area (Å²) in [5, 5.41) is 0. The lowest BCUT2D eigenvalue weighted by Gasteiger charge is -2.39. The van der Waals surface area contributed by atoms with E-state index >= 15 is 0 Å². The summed E-state index contributed by atoms with van der Waals surface area (Å²) in [5.74, 6) is 1.52. The van der Waals surface area contributed by atoms with Crippen LogP contribution in [0.15, 0.2) is 77.3 Å². The number of hydrogen-bond donors (Lipinski definition) is 0. The first-order chi connectivity index (χ1) is 19.1. The second-order valence-corrected chi connectivity index (χ2v) is 11.6. The number of rotatable bonds is 6. The first kappa shape index (κ1) is 26.1. The van der Waals surface area contributed by atoms with Gasteiger partial charge in [0.1, 0.15) is 5.82 Å². The van der Waals surface area contributed by atoms with Crippen molar-refractivity contribution in [1.82, 2.24) is 19.4 Å². The van der Waals surface area contributed by atoms with Crippen LogP contribution in [0.1, 0.15) is 31.2 Å². The van der Waals surface area contributed by atoms with Gasteiger partial charge >= 0.3 is 0 Å². The highest BCUT2D eigenvalue weighted by Crippen LogP contribution is 2.28. The van der Waals surface area contributed by atoms with Crippen LogP contribution in [0.3, 0.4) is 0 Å². The number of hydrogen-bond acceptors (Lipinski definition) is 4. The number of carbonyl (C=O) groups is 1. The van der Waals surface area contributed by atoms with Gasteiger partial charge in [0.05, 0.1) is 17.6 Å². The fourth-order valence-corrected chi connectivity index (χ4v) is 6.55. The molecule has 1 aromatic heterocycles. The van der Waals surface area contributed by atoms with Crippen LogP contribution in [0.5, 0.6) is 0 Å². The Hall–Kier alpha value is -3.16. The third-order valence-electron chi connectivity index (χ3n) is 8.30. The van der Waals surface area contributed by atoms with E-state index in [-0.39, 0.29) is 5.92 Å². The summed E-state index contributed by atoms with van der Waals surface area (Å²) >= 11 is 3.63. The van der Waals surface area contributed by atoms with Gasteiger partial charge in [-0.15, -0.1) is 0 Å². The number of aromatic nitrogens is 2. The number of anilines is 1. The highest BCUT2D eigenvalue weighted by molar-refractivity contribution is 9.10. The van der Waals surface area contributed by atoms with Crippen molar-refractivity contribution >= 4 is 38.6 Å². The molecule has 2 saturated heterocycles. The predicted octanol–water partition coefficient (Wildman–Crippen LogP) is 5.91. The van der Waals surface area contributed by atoms with E-state index < -0.39 is 0 Å². The van der Waals surface area contributed by atoms with Gasteiger partial charge in [-0.2, -0.15) is 0 Å². The molecule has 6 nitrogen and oxygen atoms in total. The summed E-state index contributed by atoms with van der Waals surface area (Å²) in [6.07, 6.45) is 2.86. The van der Waals surface area contributed by atoms with Crippen molar-refractivity contribution < 1.29 is 4.79 Å². The van der Waals surface area contributed by atoms with Crippen molar-refractivity contribution in [2.24, 2.45) is 5.92 Å². The van der Waals surface area contributed by atoms with Crippen LogP contribution in [0.2, 0.25) is 0 Å². The fraction of sp³-hybridized carbons (Fsp3) is 0.375. The molecule has 0 N–H and O–H groups in total. The van der Waals surface area contributed by atoms with Gasteiger partial charge in [0.25, 0.3) is 0 Å². The first-order valence-electron chi connectivity index (χ1n) is 14.2. The molecule has 0 aliphatic carbocycles. The van der Waals surface area contributed by atoms with Crippen LogP contribution in [0.4, 0.5) is 5.69 Å². The smallest absolute Gasteiger partial charge is 0.225 e. The molecule has 2 aliphatic heterocycles. The molecule has 1 amide bonds. The molecule has 0 saturated carbocycles. The molecule has 3 aromatic carbocycles. The van der Waals surface area contributed by atoms with Gasteiger partial charge < -0.3 is 9.80 Å². The summed E-state index contributed by atoms with van der Waals surface area (Å²) in [7, 11) is 0. The normalized spacial score (nSPS) is 17.2. The number of likely N-dealkylation sites (tertiary alicyclic amines) is 1. The molecule has 0 atom stereocenters. The zero-order valence-electron chi connectivity index (χ0n) is 22.6. The van der Waals surface area contributed by atoms with Crippen LogP contribution in [0, 0.1) is 5.92 Å². The quantitative estimate of drug-likeness (QED) is 0.282. The number of piperazine rings is 1. The van der Waals surface area contributed by atoms with Crippen molar-refractivity contribution in [2.45, 2.75) is 32.7 Å². The van der Waals surface area contributed by atoms with Gasteiger partial charge in [-0.25, -0.2) is 4.98 Å². The lowest BCUT2D eigenvalue weighted by atomic mass is 9.95. The molecule has 2 fully saturated rings. The number of halogens is 1. The molecular weight excluding hydrogens is 550 g/mol. The zero-order valence-corrected chi connectivity index (χ0v) is 24.2. The van der Waals surface area contributed by atoms with Gasteiger partial charge in [0.15, 0.2) is 0 Å². The third-order valence-corrected chi connectivity index (χ3v) is 8.80. The summed E-state index contributed by atoms with van der Waals surface area (Å²) in [4.78, 5) is 25.5. The molecular formula is C32H36BrN5O. The highest BCUT2D eigenvalue weighted by Gasteiger charge is 2.31. The first-order valence-corrected chi connectivity index (χ1v) is 15.0. The Morgan fingerprint density at radius 3 is 2.41 bits per heavy atom. The van der Waals surface area contributed by atoms with Crippen LogP contribution in [-0.2, 0) is 17.8 Å². The molecule has 39 heavy (non-hydrogen) atoms. The van der Waals surface area contributed by atoms with Gasteiger partial charge in [-0.1, -0.05) is 59.3 Å². The molecule has 0 radical (unpaired) electrons. The topological polar surface area (TPSA) is 44.6 Å². The van der Waals surface area contributed by atoms with Crippen molar-refractivity contribution in [2.75, 3.05) is 44.2 Å². The Kier molecular flexibility index (Phi) is 7.71. The van der Waals surface area contributed by atoms with E-state index in [1.54, 1.807) is 0 Å². The number of amides is 1. The maximum Gasteiger partial charge on any atom is 0.225 e. The second kappa shape index (κ2) is 11.5. The summed E-state index contributed by atoms with van der Waals surface area (Å²) in [6, 6.07) is 25.4. The van der Waals surface area contributed by atoms with E-state index in [1.807, 2.05) is 12.1 Å². The van der Waals surface area contributed by atoms with Crippen molar-refractivity contribution in [3.05, 3.63) is 88.7 Å². The average molecular weight is 587 g/mol. The lowest BCUT2D eigenvalue weighted by molar-refractivity contribution is -0.137. The SMILES string of the molecule is CCc1ccccc1N1CCN(C(=O)C2CCN(Cc3nc4ccccc4n3-c3cccc(Br)c3)CC2)CC1.